The lowest BCUT2D eigenvalue weighted by molar-refractivity contribution is -0.172. The molecule has 0 amide bonds. The van der Waals surface area contributed by atoms with Crippen LogP contribution < -0.4 is 0 Å². The first kappa shape index (κ1) is 15.5. The van der Waals surface area contributed by atoms with Crippen LogP contribution in [0.15, 0.2) is 0 Å². The van der Waals surface area contributed by atoms with Crippen molar-refractivity contribution in [3.05, 3.63) is 0 Å². The molecule has 4 unspecified atom stereocenters. The van der Waals surface area contributed by atoms with Crippen molar-refractivity contribution in [2.45, 2.75) is 78.6 Å². The SMILES string of the molecule is CC(OC1CCC(C)C(C)C1)C(=O)OC(C)(C)C. The van der Waals surface area contributed by atoms with E-state index < -0.39 is 11.7 Å². The summed E-state index contributed by atoms with van der Waals surface area (Å²) in [5.41, 5.74) is -0.441. The third-order valence-corrected chi connectivity index (χ3v) is 3.69. The van der Waals surface area contributed by atoms with Crippen molar-refractivity contribution in [2.75, 3.05) is 0 Å². The molecule has 1 saturated carbocycles. The maximum atomic E-state index is 11.8. The number of hydrogen-bond donors (Lipinski definition) is 0. The summed E-state index contributed by atoms with van der Waals surface area (Å²) in [7, 11) is 0. The Morgan fingerprint density at radius 2 is 1.78 bits per heavy atom. The molecule has 0 aliphatic heterocycles. The first-order valence-electron chi connectivity index (χ1n) is 7.07. The monoisotopic (exact) mass is 256 g/mol. The largest absolute Gasteiger partial charge is 0.458 e. The highest BCUT2D eigenvalue weighted by atomic mass is 16.6. The Balaban J connectivity index is 2.40. The molecule has 0 spiro atoms. The predicted molar refractivity (Wildman–Crippen MR) is 72.4 cm³/mol. The molecular weight excluding hydrogens is 228 g/mol. The highest BCUT2D eigenvalue weighted by Gasteiger charge is 2.29. The maximum Gasteiger partial charge on any atom is 0.335 e. The van der Waals surface area contributed by atoms with Crippen molar-refractivity contribution in [3.8, 4) is 0 Å². The lowest BCUT2D eigenvalue weighted by Gasteiger charge is -2.33. The number of rotatable bonds is 3. The molecule has 0 N–H and O–H groups in total. The molecule has 0 saturated heterocycles. The molecular formula is C15H28O3. The second-order valence-electron chi connectivity index (χ2n) is 6.70. The van der Waals surface area contributed by atoms with E-state index >= 15 is 0 Å². The van der Waals surface area contributed by atoms with E-state index in [1.165, 1.54) is 6.42 Å². The normalized spacial score (nSPS) is 30.9. The minimum absolute atomic E-state index is 0.207. The molecule has 0 aromatic heterocycles. The van der Waals surface area contributed by atoms with Crippen LogP contribution >= 0.6 is 0 Å². The predicted octanol–water partition coefficient (Wildman–Crippen LogP) is 3.56. The summed E-state index contributed by atoms with van der Waals surface area (Å²) in [4.78, 5) is 11.8. The molecule has 0 aromatic rings. The first-order valence-corrected chi connectivity index (χ1v) is 7.07. The van der Waals surface area contributed by atoms with Crippen molar-refractivity contribution in [2.24, 2.45) is 11.8 Å². The standard InChI is InChI=1S/C15H28O3/c1-10-7-8-13(9-11(10)2)17-12(3)14(16)18-15(4,5)6/h10-13H,7-9H2,1-6H3. The number of ether oxygens (including phenoxy) is 2. The van der Waals surface area contributed by atoms with Gasteiger partial charge < -0.3 is 9.47 Å². The Morgan fingerprint density at radius 3 is 2.28 bits per heavy atom. The Labute approximate surface area is 111 Å². The van der Waals surface area contributed by atoms with E-state index in [4.69, 9.17) is 9.47 Å². The molecule has 0 bridgehead atoms. The lowest BCUT2D eigenvalue weighted by atomic mass is 9.80. The topological polar surface area (TPSA) is 35.5 Å². The van der Waals surface area contributed by atoms with Crippen molar-refractivity contribution in [3.63, 3.8) is 0 Å². The quantitative estimate of drug-likeness (QED) is 0.724. The number of esters is 1. The van der Waals surface area contributed by atoms with Gasteiger partial charge in [0.2, 0.25) is 0 Å². The molecule has 1 aliphatic carbocycles. The molecule has 18 heavy (non-hydrogen) atoms. The van der Waals surface area contributed by atoms with Gasteiger partial charge in [0.05, 0.1) is 6.10 Å². The van der Waals surface area contributed by atoms with Crippen LogP contribution in [0, 0.1) is 11.8 Å². The van der Waals surface area contributed by atoms with Gasteiger partial charge in [0.1, 0.15) is 5.60 Å². The molecule has 0 radical (unpaired) electrons. The van der Waals surface area contributed by atoms with Gasteiger partial charge >= 0.3 is 5.97 Å². The molecule has 1 fully saturated rings. The van der Waals surface area contributed by atoms with Crippen LogP contribution in [0.1, 0.15) is 60.8 Å². The van der Waals surface area contributed by atoms with Crippen molar-refractivity contribution < 1.29 is 14.3 Å². The van der Waals surface area contributed by atoms with Crippen LogP contribution in [-0.4, -0.2) is 23.8 Å². The van der Waals surface area contributed by atoms with Crippen LogP contribution in [-0.2, 0) is 14.3 Å². The molecule has 4 atom stereocenters. The van der Waals surface area contributed by atoms with Gasteiger partial charge in [-0.05, 0) is 58.8 Å². The zero-order valence-corrected chi connectivity index (χ0v) is 12.7. The van der Waals surface area contributed by atoms with E-state index in [2.05, 4.69) is 13.8 Å². The zero-order chi connectivity index (χ0) is 13.9. The van der Waals surface area contributed by atoms with Crippen LogP contribution in [0.2, 0.25) is 0 Å². The second-order valence-corrected chi connectivity index (χ2v) is 6.70. The first-order chi connectivity index (χ1) is 8.19. The summed E-state index contributed by atoms with van der Waals surface area (Å²) < 4.78 is 11.2. The summed E-state index contributed by atoms with van der Waals surface area (Å²) in [6, 6.07) is 0. The van der Waals surface area contributed by atoms with E-state index in [0.29, 0.717) is 5.92 Å². The Kier molecular flexibility index (Phi) is 5.20. The molecule has 106 valence electrons. The van der Waals surface area contributed by atoms with Gasteiger partial charge in [0, 0.05) is 0 Å². The Morgan fingerprint density at radius 1 is 1.17 bits per heavy atom. The van der Waals surface area contributed by atoms with E-state index in [1.54, 1.807) is 6.92 Å². The highest BCUT2D eigenvalue weighted by Crippen LogP contribution is 2.31. The summed E-state index contributed by atoms with van der Waals surface area (Å²) in [5.74, 6) is 1.19. The van der Waals surface area contributed by atoms with Crippen LogP contribution in [0.3, 0.4) is 0 Å². The number of carbonyl (C=O) groups is 1. The lowest BCUT2D eigenvalue weighted by Crippen LogP contribution is -2.36. The summed E-state index contributed by atoms with van der Waals surface area (Å²) in [6.07, 6.45) is 3.04. The number of carbonyl (C=O) groups excluding carboxylic acids is 1. The smallest absolute Gasteiger partial charge is 0.335 e. The Bertz CT molecular complexity index is 280. The van der Waals surface area contributed by atoms with Crippen LogP contribution in [0.5, 0.6) is 0 Å². The average Bonchev–Trinajstić information content (AvgIpc) is 2.21. The van der Waals surface area contributed by atoms with Gasteiger partial charge in [-0.2, -0.15) is 0 Å². The molecule has 1 aliphatic rings. The fourth-order valence-electron chi connectivity index (χ4n) is 2.35. The molecule has 3 nitrogen and oxygen atoms in total. The fourth-order valence-corrected chi connectivity index (χ4v) is 2.35. The van der Waals surface area contributed by atoms with E-state index in [1.807, 2.05) is 20.8 Å². The summed E-state index contributed by atoms with van der Waals surface area (Å²) in [5, 5.41) is 0. The van der Waals surface area contributed by atoms with Gasteiger partial charge in [-0.15, -0.1) is 0 Å². The van der Waals surface area contributed by atoms with Crippen LogP contribution in [0.4, 0.5) is 0 Å². The van der Waals surface area contributed by atoms with Crippen LogP contribution in [0.25, 0.3) is 0 Å². The molecule has 1 rings (SSSR count). The van der Waals surface area contributed by atoms with E-state index in [0.717, 1.165) is 18.8 Å². The van der Waals surface area contributed by atoms with Gasteiger partial charge in [-0.1, -0.05) is 13.8 Å². The summed E-state index contributed by atoms with van der Waals surface area (Å²) in [6.45, 7) is 12.0. The molecule has 0 heterocycles. The van der Waals surface area contributed by atoms with Crippen molar-refractivity contribution in [1.82, 2.24) is 0 Å². The van der Waals surface area contributed by atoms with Gasteiger partial charge in [0.25, 0.3) is 0 Å². The van der Waals surface area contributed by atoms with E-state index in [9.17, 15) is 4.79 Å². The third-order valence-electron chi connectivity index (χ3n) is 3.69. The number of hydrogen-bond acceptors (Lipinski definition) is 3. The third kappa shape index (κ3) is 4.97. The van der Waals surface area contributed by atoms with Gasteiger partial charge in [-0.25, -0.2) is 4.79 Å². The fraction of sp³-hybridized carbons (Fsp3) is 0.933. The average molecular weight is 256 g/mol. The maximum absolute atomic E-state index is 11.8. The highest BCUT2D eigenvalue weighted by molar-refractivity contribution is 5.74. The minimum Gasteiger partial charge on any atom is -0.458 e. The second kappa shape index (κ2) is 6.05. The van der Waals surface area contributed by atoms with E-state index in [-0.39, 0.29) is 12.1 Å². The van der Waals surface area contributed by atoms with Gasteiger partial charge in [0.15, 0.2) is 6.10 Å². The minimum atomic E-state index is -0.463. The van der Waals surface area contributed by atoms with Crippen molar-refractivity contribution >= 4 is 5.97 Å². The van der Waals surface area contributed by atoms with Gasteiger partial charge in [-0.3, -0.25) is 0 Å². The Hall–Kier alpha value is -0.570. The summed E-state index contributed by atoms with van der Waals surface area (Å²) >= 11 is 0. The van der Waals surface area contributed by atoms with Crippen molar-refractivity contribution in [1.29, 1.82) is 0 Å². The molecule has 0 aromatic carbocycles. The molecule has 3 heteroatoms. The zero-order valence-electron chi connectivity index (χ0n) is 12.7.